The van der Waals surface area contributed by atoms with Gasteiger partial charge in [-0.2, -0.15) is 0 Å². The van der Waals surface area contributed by atoms with E-state index in [1.807, 2.05) is 0 Å². The molecule has 0 aromatic carbocycles. The van der Waals surface area contributed by atoms with E-state index in [1.54, 1.807) is 12.1 Å². The first-order valence-electron chi connectivity index (χ1n) is 7.38. The molecule has 0 aliphatic heterocycles. The van der Waals surface area contributed by atoms with Gasteiger partial charge in [0.05, 0.1) is 12.2 Å². The number of hydrogen-bond acceptors (Lipinski definition) is 6. The van der Waals surface area contributed by atoms with Gasteiger partial charge in [0.2, 0.25) is 11.2 Å². The van der Waals surface area contributed by atoms with Gasteiger partial charge in [0.15, 0.2) is 0 Å². The molecule has 122 valence electrons. The molecule has 6 nitrogen and oxygen atoms in total. The van der Waals surface area contributed by atoms with Crippen LogP contribution in [0.4, 0.5) is 0 Å². The van der Waals surface area contributed by atoms with Gasteiger partial charge in [-0.1, -0.05) is 13.8 Å². The zero-order valence-corrected chi connectivity index (χ0v) is 13.2. The van der Waals surface area contributed by atoms with Gasteiger partial charge in [0, 0.05) is 18.5 Å². The lowest BCUT2D eigenvalue weighted by Crippen LogP contribution is -2.11. The minimum atomic E-state index is -0.507. The highest BCUT2D eigenvalue weighted by Gasteiger charge is 2.10. The standard InChI is InChI=1S/C17H19NO5/c1-12(2)5-8-21-16-11-22-14(9-15(16)19)10-23-17(20)13-3-6-18-7-4-13/h3-4,6-7,9,11-12H,5,8,10H2,1-2H3. The fraction of sp³-hybridized carbons (Fsp3) is 0.353. The molecule has 2 rings (SSSR count). The summed E-state index contributed by atoms with van der Waals surface area (Å²) in [4.78, 5) is 27.5. The van der Waals surface area contributed by atoms with Gasteiger partial charge in [-0.15, -0.1) is 0 Å². The predicted octanol–water partition coefficient (Wildman–Crippen LogP) is 2.82. The highest BCUT2D eigenvalue weighted by Crippen LogP contribution is 2.10. The molecule has 0 saturated carbocycles. The lowest BCUT2D eigenvalue weighted by molar-refractivity contribution is 0.0442. The Hall–Kier alpha value is -2.63. The van der Waals surface area contributed by atoms with Gasteiger partial charge in [0.25, 0.3) is 0 Å². The van der Waals surface area contributed by atoms with E-state index in [-0.39, 0.29) is 23.5 Å². The largest absolute Gasteiger partial charge is 0.487 e. The van der Waals surface area contributed by atoms with Crippen LogP contribution in [0.5, 0.6) is 5.75 Å². The van der Waals surface area contributed by atoms with Crippen LogP contribution in [0, 0.1) is 5.92 Å². The maximum absolute atomic E-state index is 11.9. The molecule has 2 heterocycles. The van der Waals surface area contributed by atoms with Crippen molar-refractivity contribution in [3.05, 3.63) is 58.4 Å². The first-order chi connectivity index (χ1) is 11.1. The van der Waals surface area contributed by atoms with Crippen LogP contribution < -0.4 is 10.2 Å². The topological polar surface area (TPSA) is 78.6 Å². The Kier molecular flexibility index (Phi) is 5.91. The van der Waals surface area contributed by atoms with E-state index in [0.717, 1.165) is 6.42 Å². The van der Waals surface area contributed by atoms with Crippen molar-refractivity contribution in [3.63, 3.8) is 0 Å². The number of esters is 1. The zero-order chi connectivity index (χ0) is 16.7. The van der Waals surface area contributed by atoms with Crippen molar-refractivity contribution in [2.24, 2.45) is 5.92 Å². The molecule has 0 saturated heterocycles. The minimum absolute atomic E-state index is 0.122. The first kappa shape index (κ1) is 16.7. The zero-order valence-electron chi connectivity index (χ0n) is 13.2. The van der Waals surface area contributed by atoms with Gasteiger partial charge >= 0.3 is 5.97 Å². The second-order valence-corrected chi connectivity index (χ2v) is 5.42. The molecule has 0 fully saturated rings. The molecule has 0 N–H and O–H groups in total. The first-order valence-corrected chi connectivity index (χ1v) is 7.38. The lowest BCUT2D eigenvalue weighted by Gasteiger charge is -2.08. The monoisotopic (exact) mass is 317 g/mol. The van der Waals surface area contributed by atoms with Crippen molar-refractivity contribution in [2.45, 2.75) is 26.9 Å². The second-order valence-electron chi connectivity index (χ2n) is 5.42. The van der Waals surface area contributed by atoms with Crippen LogP contribution in [0.3, 0.4) is 0 Å². The molecule has 0 spiro atoms. The van der Waals surface area contributed by atoms with E-state index in [4.69, 9.17) is 13.9 Å². The molecular formula is C17H19NO5. The number of rotatable bonds is 7. The van der Waals surface area contributed by atoms with Crippen molar-refractivity contribution in [1.82, 2.24) is 4.98 Å². The highest BCUT2D eigenvalue weighted by molar-refractivity contribution is 5.89. The smallest absolute Gasteiger partial charge is 0.338 e. The third-order valence-corrected chi connectivity index (χ3v) is 3.07. The van der Waals surface area contributed by atoms with Crippen molar-refractivity contribution >= 4 is 5.97 Å². The van der Waals surface area contributed by atoms with Gasteiger partial charge in [0.1, 0.15) is 18.6 Å². The summed E-state index contributed by atoms with van der Waals surface area (Å²) < 4.78 is 15.7. The van der Waals surface area contributed by atoms with Crippen LogP contribution in [0.25, 0.3) is 0 Å². The van der Waals surface area contributed by atoms with Gasteiger partial charge in [-0.05, 0) is 24.5 Å². The van der Waals surface area contributed by atoms with Gasteiger partial charge in [-0.25, -0.2) is 4.79 Å². The van der Waals surface area contributed by atoms with Gasteiger partial charge < -0.3 is 13.9 Å². The number of aromatic nitrogens is 1. The summed E-state index contributed by atoms with van der Waals surface area (Å²) in [6.07, 6.45) is 5.10. The van der Waals surface area contributed by atoms with Crippen molar-refractivity contribution in [3.8, 4) is 5.75 Å². The predicted molar refractivity (Wildman–Crippen MR) is 83.3 cm³/mol. The maximum atomic E-state index is 11.9. The SMILES string of the molecule is CC(C)CCOc1coc(COC(=O)c2ccncc2)cc1=O. The van der Waals surface area contributed by atoms with E-state index in [1.165, 1.54) is 24.7 Å². The number of pyridine rings is 1. The minimum Gasteiger partial charge on any atom is -0.487 e. The number of hydrogen-bond donors (Lipinski definition) is 0. The summed E-state index contributed by atoms with van der Waals surface area (Å²) >= 11 is 0. The number of carbonyl (C=O) groups is 1. The van der Waals surface area contributed by atoms with E-state index in [9.17, 15) is 9.59 Å². The molecule has 0 aliphatic rings. The summed E-state index contributed by atoms with van der Waals surface area (Å²) in [5.74, 6) is 0.407. The lowest BCUT2D eigenvalue weighted by atomic mass is 10.1. The second kappa shape index (κ2) is 8.12. The Bertz CT molecular complexity index is 694. The molecule has 0 radical (unpaired) electrons. The molecule has 0 unspecified atom stereocenters. The van der Waals surface area contributed by atoms with E-state index >= 15 is 0 Å². The van der Waals surface area contributed by atoms with E-state index in [0.29, 0.717) is 18.1 Å². The average molecular weight is 317 g/mol. The molecule has 23 heavy (non-hydrogen) atoms. The Morgan fingerprint density at radius 1 is 1.30 bits per heavy atom. The van der Waals surface area contributed by atoms with E-state index < -0.39 is 5.97 Å². The summed E-state index contributed by atoms with van der Waals surface area (Å²) in [6.45, 7) is 4.49. The Morgan fingerprint density at radius 2 is 2.04 bits per heavy atom. The number of nitrogens with zero attached hydrogens (tertiary/aromatic N) is 1. The highest BCUT2D eigenvalue weighted by atomic mass is 16.5. The van der Waals surface area contributed by atoms with Crippen LogP contribution in [-0.4, -0.2) is 17.6 Å². The summed E-state index contributed by atoms with van der Waals surface area (Å²) in [5, 5.41) is 0. The summed E-state index contributed by atoms with van der Waals surface area (Å²) in [7, 11) is 0. The summed E-state index contributed by atoms with van der Waals surface area (Å²) in [6, 6.07) is 4.36. The number of ether oxygens (including phenoxy) is 2. The van der Waals surface area contributed by atoms with Crippen LogP contribution in [-0.2, 0) is 11.3 Å². The molecular weight excluding hydrogens is 298 g/mol. The fourth-order valence-corrected chi connectivity index (χ4v) is 1.73. The summed E-state index contributed by atoms with van der Waals surface area (Å²) in [5.41, 5.74) is 0.0888. The third-order valence-electron chi connectivity index (χ3n) is 3.07. The van der Waals surface area contributed by atoms with Gasteiger partial charge in [-0.3, -0.25) is 9.78 Å². The molecule has 2 aromatic heterocycles. The molecule has 2 aromatic rings. The molecule has 0 amide bonds. The van der Waals surface area contributed by atoms with Crippen LogP contribution in [0.2, 0.25) is 0 Å². The average Bonchev–Trinajstić information content (AvgIpc) is 2.55. The van der Waals surface area contributed by atoms with Crippen molar-refractivity contribution in [1.29, 1.82) is 0 Å². The van der Waals surface area contributed by atoms with Crippen molar-refractivity contribution < 1.29 is 18.7 Å². The molecule has 0 bridgehead atoms. The Balaban J connectivity index is 1.90. The number of carbonyl (C=O) groups excluding carboxylic acids is 1. The van der Waals surface area contributed by atoms with Crippen molar-refractivity contribution in [2.75, 3.05) is 6.61 Å². The fourth-order valence-electron chi connectivity index (χ4n) is 1.73. The Labute approximate surface area is 134 Å². The van der Waals surface area contributed by atoms with Crippen LogP contribution in [0.15, 0.2) is 46.1 Å². The van der Waals surface area contributed by atoms with E-state index in [2.05, 4.69) is 18.8 Å². The molecule has 0 aliphatic carbocycles. The molecule has 6 heteroatoms. The van der Waals surface area contributed by atoms with Crippen LogP contribution in [0.1, 0.15) is 36.4 Å². The quantitative estimate of drug-likeness (QED) is 0.731. The molecule has 0 atom stereocenters. The third kappa shape index (κ3) is 5.25. The Morgan fingerprint density at radius 3 is 2.70 bits per heavy atom. The normalized spacial score (nSPS) is 10.6. The van der Waals surface area contributed by atoms with Crippen LogP contribution >= 0.6 is 0 Å². The maximum Gasteiger partial charge on any atom is 0.338 e.